The Balaban J connectivity index is 1.87. The summed E-state index contributed by atoms with van der Waals surface area (Å²) in [6.07, 6.45) is 1.34. The van der Waals surface area contributed by atoms with E-state index in [2.05, 4.69) is 37.7 Å². The molecule has 2 aromatic rings. The van der Waals surface area contributed by atoms with Crippen molar-refractivity contribution in [2.24, 2.45) is 0 Å². The van der Waals surface area contributed by atoms with Gasteiger partial charge in [0.2, 0.25) is 0 Å². The number of aromatic nitrogens is 2. The lowest BCUT2D eigenvalue weighted by Gasteiger charge is -2.44. The lowest BCUT2D eigenvalue weighted by atomic mass is 10.1. The largest absolute Gasteiger partial charge is 0.444 e. The molecular weight excluding hydrogens is 396 g/mol. The maximum atomic E-state index is 12.5. The average Bonchev–Trinajstić information content (AvgIpc) is 2.54. The van der Waals surface area contributed by atoms with E-state index in [1.54, 1.807) is 6.33 Å². The number of nitrogens with zero attached hydrogens (tertiary/aromatic N) is 4. The molecule has 0 saturated carbocycles. The molecule has 2 atom stereocenters. The van der Waals surface area contributed by atoms with E-state index in [9.17, 15) is 4.79 Å². The lowest BCUT2D eigenvalue weighted by Crippen LogP contribution is -2.59. The molecule has 1 aromatic heterocycles. The van der Waals surface area contributed by atoms with Crippen molar-refractivity contribution >= 4 is 38.7 Å². The molecule has 140 valence electrons. The van der Waals surface area contributed by atoms with Crippen LogP contribution in [0.15, 0.2) is 29.0 Å². The van der Waals surface area contributed by atoms with Gasteiger partial charge in [-0.1, -0.05) is 15.9 Å². The minimum absolute atomic E-state index is 0.0261. The number of piperazine rings is 1. The van der Waals surface area contributed by atoms with Crippen LogP contribution in [-0.2, 0) is 4.74 Å². The van der Waals surface area contributed by atoms with Crippen molar-refractivity contribution in [3.63, 3.8) is 0 Å². The van der Waals surface area contributed by atoms with E-state index in [1.807, 2.05) is 50.8 Å². The maximum absolute atomic E-state index is 12.5. The Labute approximate surface area is 162 Å². The Bertz CT molecular complexity index is 821. The van der Waals surface area contributed by atoms with Gasteiger partial charge in [-0.2, -0.15) is 0 Å². The van der Waals surface area contributed by atoms with Gasteiger partial charge < -0.3 is 14.5 Å². The molecule has 0 unspecified atom stereocenters. The van der Waals surface area contributed by atoms with E-state index in [4.69, 9.17) is 4.74 Å². The third kappa shape index (κ3) is 3.92. The van der Waals surface area contributed by atoms with Gasteiger partial charge in [-0.15, -0.1) is 0 Å². The standard InChI is InChI=1S/C19H25BrN4O2/c1-12-10-24(18(25)26-19(3,4)5)13(2)9-23(12)17-15-8-14(20)6-7-16(15)21-11-22-17/h6-8,11-13H,9-10H2,1-5H3/t12-,13+/m0/s1. The second-order valence-electron chi connectivity index (χ2n) is 7.84. The number of carbonyl (C=O) groups excluding carboxylic acids is 1. The predicted molar refractivity (Wildman–Crippen MR) is 106 cm³/mol. The highest BCUT2D eigenvalue weighted by Crippen LogP contribution is 2.30. The number of halogens is 1. The zero-order chi connectivity index (χ0) is 19.1. The number of hydrogen-bond acceptors (Lipinski definition) is 5. The molecule has 26 heavy (non-hydrogen) atoms. The Kier molecular flexibility index (Phi) is 5.10. The molecule has 3 rings (SSSR count). The van der Waals surface area contributed by atoms with Gasteiger partial charge in [0.1, 0.15) is 17.7 Å². The van der Waals surface area contributed by atoms with Crippen molar-refractivity contribution in [2.45, 2.75) is 52.3 Å². The Hall–Kier alpha value is -1.89. The Morgan fingerprint density at radius 2 is 1.92 bits per heavy atom. The van der Waals surface area contributed by atoms with Crippen molar-refractivity contribution in [2.75, 3.05) is 18.0 Å². The molecular formula is C19H25BrN4O2. The van der Waals surface area contributed by atoms with E-state index in [1.165, 1.54) is 0 Å². The van der Waals surface area contributed by atoms with Crippen molar-refractivity contribution < 1.29 is 9.53 Å². The molecule has 0 aliphatic carbocycles. The third-order valence-corrected chi connectivity index (χ3v) is 4.96. The van der Waals surface area contributed by atoms with Crippen LogP contribution in [0, 0.1) is 0 Å². The number of fused-ring (bicyclic) bond motifs is 1. The second kappa shape index (κ2) is 7.02. The van der Waals surface area contributed by atoms with Gasteiger partial charge in [0.15, 0.2) is 0 Å². The van der Waals surface area contributed by atoms with Crippen LogP contribution >= 0.6 is 15.9 Å². The summed E-state index contributed by atoms with van der Waals surface area (Å²) in [7, 11) is 0. The first-order chi connectivity index (χ1) is 12.2. The van der Waals surface area contributed by atoms with Gasteiger partial charge in [0.05, 0.1) is 5.52 Å². The van der Waals surface area contributed by atoms with E-state index in [-0.39, 0.29) is 18.2 Å². The van der Waals surface area contributed by atoms with Crippen LogP contribution in [0.25, 0.3) is 10.9 Å². The number of carbonyl (C=O) groups is 1. The number of amides is 1. The molecule has 0 bridgehead atoms. The molecule has 1 aliphatic heterocycles. The Morgan fingerprint density at radius 3 is 2.62 bits per heavy atom. The van der Waals surface area contributed by atoms with Gasteiger partial charge >= 0.3 is 6.09 Å². The smallest absolute Gasteiger partial charge is 0.410 e. The zero-order valence-electron chi connectivity index (χ0n) is 15.9. The number of ether oxygens (including phenoxy) is 1. The van der Waals surface area contributed by atoms with Crippen LogP contribution in [0.2, 0.25) is 0 Å². The van der Waals surface area contributed by atoms with E-state index < -0.39 is 5.60 Å². The summed E-state index contributed by atoms with van der Waals surface area (Å²) in [6.45, 7) is 11.1. The summed E-state index contributed by atoms with van der Waals surface area (Å²) in [5, 5.41) is 1.01. The van der Waals surface area contributed by atoms with Crippen molar-refractivity contribution in [1.29, 1.82) is 0 Å². The van der Waals surface area contributed by atoms with Gasteiger partial charge in [0.25, 0.3) is 0 Å². The van der Waals surface area contributed by atoms with E-state index in [0.717, 1.165) is 21.2 Å². The highest BCUT2D eigenvalue weighted by molar-refractivity contribution is 9.10. The van der Waals surface area contributed by atoms with Crippen LogP contribution < -0.4 is 4.90 Å². The molecule has 1 amide bonds. The van der Waals surface area contributed by atoms with Gasteiger partial charge in [-0.05, 0) is 52.8 Å². The minimum Gasteiger partial charge on any atom is -0.444 e. The number of hydrogen-bond donors (Lipinski definition) is 0. The predicted octanol–water partition coefficient (Wildman–Crippen LogP) is 4.23. The fourth-order valence-electron chi connectivity index (χ4n) is 3.24. The van der Waals surface area contributed by atoms with Crippen LogP contribution in [0.5, 0.6) is 0 Å². The normalized spacial score (nSPS) is 21.2. The molecule has 0 spiro atoms. The summed E-state index contributed by atoms with van der Waals surface area (Å²) in [5.41, 5.74) is 0.416. The molecule has 0 radical (unpaired) electrons. The summed E-state index contributed by atoms with van der Waals surface area (Å²) < 4.78 is 6.55. The molecule has 1 aliphatic rings. The molecule has 1 fully saturated rings. The zero-order valence-corrected chi connectivity index (χ0v) is 17.4. The van der Waals surface area contributed by atoms with Gasteiger partial charge in [0, 0.05) is 35.0 Å². The highest BCUT2D eigenvalue weighted by atomic mass is 79.9. The van der Waals surface area contributed by atoms with Crippen LogP contribution in [0.3, 0.4) is 0 Å². The summed E-state index contributed by atoms with van der Waals surface area (Å²) >= 11 is 3.53. The molecule has 6 nitrogen and oxygen atoms in total. The fourth-order valence-corrected chi connectivity index (χ4v) is 3.60. The fraction of sp³-hybridized carbons (Fsp3) is 0.526. The number of rotatable bonds is 1. The first-order valence-corrected chi connectivity index (χ1v) is 9.61. The average molecular weight is 421 g/mol. The molecule has 2 heterocycles. The third-order valence-electron chi connectivity index (χ3n) is 4.46. The lowest BCUT2D eigenvalue weighted by molar-refractivity contribution is 0.0130. The molecule has 1 aromatic carbocycles. The quantitative estimate of drug-likeness (QED) is 0.690. The van der Waals surface area contributed by atoms with E-state index in [0.29, 0.717) is 13.1 Å². The number of anilines is 1. The monoisotopic (exact) mass is 420 g/mol. The maximum Gasteiger partial charge on any atom is 0.410 e. The van der Waals surface area contributed by atoms with Crippen LogP contribution in [0.4, 0.5) is 10.6 Å². The van der Waals surface area contributed by atoms with Crippen molar-refractivity contribution in [1.82, 2.24) is 14.9 Å². The number of benzene rings is 1. The minimum atomic E-state index is -0.494. The molecule has 7 heteroatoms. The summed E-state index contributed by atoms with van der Waals surface area (Å²) in [5.74, 6) is 0.902. The first-order valence-electron chi connectivity index (χ1n) is 8.82. The SMILES string of the molecule is C[C@@H]1CN(c2ncnc3ccc(Br)cc23)[C@@H](C)CN1C(=O)OC(C)(C)C. The van der Waals surface area contributed by atoms with Crippen LogP contribution in [0.1, 0.15) is 34.6 Å². The summed E-state index contributed by atoms with van der Waals surface area (Å²) in [6, 6.07) is 6.15. The Morgan fingerprint density at radius 1 is 1.19 bits per heavy atom. The van der Waals surface area contributed by atoms with Crippen molar-refractivity contribution in [3.05, 3.63) is 29.0 Å². The van der Waals surface area contributed by atoms with Gasteiger partial charge in [-0.25, -0.2) is 14.8 Å². The highest BCUT2D eigenvalue weighted by Gasteiger charge is 2.35. The van der Waals surface area contributed by atoms with Crippen molar-refractivity contribution in [3.8, 4) is 0 Å². The second-order valence-corrected chi connectivity index (χ2v) is 8.76. The summed E-state index contributed by atoms with van der Waals surface area (Å²) in [4.78, 5) is 25.5. The first kappa shape index (κ1) is 18.9. The topological polar surface area (TPSA) is 58.6 Å². The molecule has 0 N–H and O–H groups in total. The molecule has 1 saturated heterocycles. The van der Waals surface area contributed by atoms with Gasteiger partial charge in [-0.3, -0.25) is 0 Å². The van der Waals surface area contributed by atoms with E-state index >= 15 is 0 Å². The van der Waals surface area contributed by atoms with Crippen LogP contribution in [-0.4, -0.2) is 51.7 Å².